The molecule has 8 heteroatoms. The fourth-order valence-electron chi connectivity index (χ4n) is 0.839. The van der Waals surface area contributed by atoms with E-state index in [1.165, 1.54) is 6.07 Å². The van der Waals surface area contributed by atoms with Gasteiger partial charge in [-0.3, -0.25) is 4.79 Å². The number of nitrogens with zero attached hydrogens (tertiary/aromatic N) is 1. The summed E-state index contributed by atoms with van der Waals surface area (Å²) < 4.78 is 29.9. The van der Waals surface area contributed by atoms with E-state index in [4.69, 9.17) is 5.73 Å². The molecule has 0 aliphatic carbocycles. The van der Waals surface area contributed by atoms with Crippen molar-refractivity contribution < 1.29 is 18.1 Å². The van der Waals surface area contributed by atoms with E-state index in [0.29, 0.717) is 5.69 Å². The van der Waals surface area contributed by atoms with Gasteiger partial charge < -0.3 is 15.6 Å². The van der Waals surface area contributed by atoms with Crippen molar-refractivity contribution in [1.29, 1.82) is 0 Å². The highest BCUT2D eigenvalue weighted by Crippen LogP contribution is 2.09. The molecule has 1 aromatic heterocycles. The van der Waals surface area contributed by atoms with Crippen molar-refractivity contribution in [2.45, 2.75) is 12.8 Å². The zero-order valence-corrected chi connectivity index (χ0v) is 9.31. The third kappa shape index (κ3) is 4.11. The Hall–Kier alpha value is -1.21. The molecule has 0 aliphatic rings. The van der Waals surface area contributed by atoms with Gasteiger partial charge in [-0.2, -0.15) is 0 Å². The van der Waals surface area contributed by atoms with E-state index in [9.17, 15) is 13.6 Å². The lowest BCUT2D eigenvalue weighted by Crippen LogP contribution is -2.41. The molecule has 0 aromatic carbocycles. The molecule has 5 nitrogen and oxygen atoms in total. The molecule has 0 atom stereocenters. The molecule has 0 aliphatic heterocycles. The van der Waals surface area contributed by atoms with Gasteiger partial charge in [-0.15, -0.1) is 12.4 Å². The molecule has 1 rings (SSSR count). The summed E-state index contributed by atoms with van der Waals surface area (Å²) >= 11 is 0. The molecule has 1 heterocycles. The van der Waals surface area contributed by atoms with Gasteiger partial charge in [0.15, 0.2) is 0 Å². The van der Waals surface area contributed by atoms with Crippen LogP contribution in [0, 0.1) is 6.92 Å². The number of hydrogen-bond acceptors (Lipinski definition) is 4. The highest BCUT2D eigenvalue weighted by atomic mass is 35.5. The topological polar surface area (TPSA) is 81.2 Å². The molecule has 1 aromatic rings. The zero-order chi connectivity index (χ0) is 11.5. The Labute approximate surface area is 96.8 Å². The van der Waals surface area contributed by atoms with Crippen LogP contribution in [0.1, 0.15) is 16.2 Å². The Morgan fingerprint density at radius 1 is 1.69 bits per heavy atom. The van der Waals surface area contributed by atoms with Crippen molar-refractivity contribution in [2.24, 2.45) is 5.73 Å². The van der Waals surface area contributed by atoms with E-state index in [1.807, 2.05) is 5.32 Å². The average molecular weight is 256 g/mol. The fraction of sp³-hybridized carbons (Fsp3) is 0.500. The van der Waals surface area contributed by atoms with E-state index in [2.05, 4.69) is 9.68 Å². The first kappa shape index (κ1) is 14.8. The van der Waals surface area contributed by atoms with Gasteiger partial charge in [-0.25, -0.2) is 8.78 Å². The van der Waals surface area contributed by atoms with Gasteiger partial charge in [0.25, 0.3) is 11.8 Å². The minimum atomic E-state index is -3.11. The molecule has 16 heavy (non-hydrogen) atoms. The normalized spacial score (nSPS) is 10.8. The van der Waals surface area contributed by atoms with Crippen LogP contribution in [0.15, 0.2) is 10.6 Å². The summed E-state index contributed by atoms with van der Waals surface area (Å²) in [4.78, 5) is 11.2. The maximum Gasteiger partial charge on any atom is 0.290 e. The van der Waals surface area contributed by atoms with E-state index < -0.39 is 24.9 Å². The molecular weight excluding hydrogens is 244 g/mol. The molecule has 0 saturated heterocycles. The molecule has 92 valence electrons. The van der Waals surface area contributed by atoms with Gasteiger partial charge in [-0.1, -0.05) is 5.16 Å². The van der Waals surface area contributed by atoms with Crippen LogP contribution in [0.2, 0.25) is 0 Å². The van der Waals surface area contributed by atoms with E-state index >= 15 is 0 Å². The summed E-state index contributed by atoms with van der Waals surface area (Å²) in [6, 6.07) is 1.36. The van der Waals surface area contributed by atoms with Crippen molar-refractivity contribution in [3.8, 4) is 0 Å². The van der Waals surface area contributed by atoms with Crippen molar-refractivity contribution in [1.82, 2.24) is 10.5 Å². The van der Waals surface area contributed by atoms with Crippen molar-refractivity contribution >= 4 is 18.3 Å². The highest BCUT2D eigenvalue weighted by Gasteiger charge is 2.27. The third-order valence-electron chi connectivity index (χ3n) is 1.66. The number of hydrogen-bond donors (Lipinski definition) is 2. The van der Waals surface area contributed by atoms with Gasteiger partial charge in [0.1, 0.15) is 0 Å². The first-order valence-corrected chi connectivity index (χ1v) is 4.24. The van der Waals surface area contributed by atoms with Crippen LogP contribution in [-0.4, -0.2) is 30.1 Å². The first-order valence-electron chi connectivity index (χ1n) is 4.24. The van der Waals surface area contributed by atoms with Gasteiger partial charge in [0.2, 0.25) is 5.76 Å². The van der Waals surface area contributed by atoms with Crippen molar-refractivity contribution in [3.05, 3.63) is 17.5 Å². The Morgan fingerprint density at radius 3 is 2.75 bits per heavy atom. The SMILES string of the molecule is Cc1cc(C(=O)NCC(F)(F)CN)on1.Cl. The van der Waals surface area contributed by atoms with Crippen LogP contribution in [0.5, 0.6) is 0 Å². The molecular formula is C8H12ClF2N3O2. The predicted molar refractivity (Wildman–Crippen MR) is 54.8 cm³/mol. The Balaban J connectivity index is 0.00000225. The standard InChI is InChI=1S/C8H11F2N3O2.ClH/c1-5-2-6(15-13-5)7(14)12-4-8(9,10)3-11;/h2H,3-4,11H2,1H3,(H,12,14);1H. The second-order valence-electron chi connectivity index (χ2n) is 3.08. The van der Waals surface area contributed by atoms with Crippen molar-refractivity contribution in [3.63, 3.8) is 0 Å². The molecule has 0 fully saturated rings. The molecule has 0 spiro atoms. The number of halogens is 3. The largest absolute Gasteiger partial charge is 0.351 e. The van der Waals surface area contributed by atoms with E-state index in [1.54, 1.807) is 6.92 Å². The Kier molecular flexibility index (Phi) is 5.32. The average Bonchev–Trinajstić information content (AvgIpc) is 2.61. The van der Waals surface area contributed by atoms with Gasteiger partial charge >= 0.3 is 0 Å². The van der Waals surface area contributed by atoms with Gasteiger partial charge in [0.05, 0.1) is 18.8 Å². The third-order valence-corrected chi connectivity index (χ3v) is 1.66. The minimum Gasteiger partial charge on any atom is -0.351 e. The smallest absolute Gasteiger partial charge is 0.290 e. The van der Waals surface area contributed by atoms with Crippen LogP contribution in [0.3, 0.4) is 0 Å². The fourth-order valence-corrected chi connectivity index (χ4v) is 0.839. The lowest BCUT2D eigenvalue weighted by molar-refractivity contribution is 0.0115. The second kappa shape index (κ2) is 5.76. The summed E-state index contributed by atoms with van der Waals surface area (Å²) in [6.45, 7) is -0.0143. The van der Waals surface area contributed by atoms with Crippen LogP contribution in [-0.2, 0) is 0 Å². The summed E-state index contributed by atoms with van der Waals surface area (Å²) in [5, 5.41) is 5.46. The zero-order valence-electron chi connectivity index (χ0n) is 8.50. The summed E-state index contributed by atoms with van der Waals surface area (Å²) in [7, 11) is 0. The molecule has 0 saturated carbocycles. The van der Waals surface area contributed by atoms with Crippen LogP contribution in [0.25, 0.3) is 0 Å². The number of alkyl halides is 2. The monoisotopic (exact) mass is 255 g/mol. The number of carbonyl (C=O) groups is 1. The predicted octanol–water partition coefficient (Wildman–Crippen LogP) is 0.729. The summed E-state index contributed by atoms with van der Waals surface area (Å²) in [6.07, 6.45) is 0. The lowest BCUT2D eigenvalue weighted by Gasteiger charge is -2.13. The van der Waals surface area contributed by atoms with E-state index in [-0.39, 0.29) is 18.2 Å². The maximum atomic E-state index is 12.6. The van der Waals surface area contributed by atoms with Crippen molar-refractivity contribution in [2.75, 3.05) is 13.1 Å². The van der Waals surface area contributed by atoms with Gasteiger partial charge in [-0.05, 0) is 6.92 Å². The number of carbonyl (C=O) groups excluding carboxylic acids is 1. The molecule has 1 amide bonds. The quantitative estimate of drug-likeness (QED) is 0.831. The maximum absolute atomic E-state index is 12.6. The van der Waals surface area contributed by atoms with Gasteiger partial charge in [0, 0.05) is 6.07 Å². The number of rotatable bonds is 4. The lowest BCUT2D eigenvalue weighted by atomic mass is 10.3. The number of aromatic nitrogens is 1. The molecule has 3 N–H and O–H groups in total. The van der Waals surface area contributed by atoms with Crippen LogP contribution < -0.4 is 11.1 Å². The first-order chi connectivity index (χ1) is 6.94. The molecule has 0 bridgehead atoms. The summed E-state index contributed by atoms with van der Waals surface area (Å²) in [5.41, 5.74) is 5.30. The van der Waals surface area contributed by atoms with Crippen LogP contribution in [0.4, 0.5) is 8.78 Å². The Morgan fingerprint density at radius 2 is 2.31 bits per heavy atom. The summed E-state index contributed by atoms with van der Waals surface area (Å²) in [5.74, 6) is -3.94. The number of nitrogens with one attached hydrogen (secondary N) is 1. The molecule has 0 unspecified atom stereocenters. The van der Waals surface area contributed by atoms with E-state index in [0.717, 1.165) is 0 Å². The number of aryl methyl sites for hydroxylation is 1. The second-order valence-corrected chi connectivity index (χ2v) is 3.08. The highest BCUT2D eigenvalue weighted by molar-refractivity contribution is 5.91. The minimum absolute atomic E-state index is 0. The number of nitrogens with two attached hydrogens (primary N) is 1. The Bertz CT molecular complexity index is 357. The molecule has 0 radical (unpaired) electrons. The number of amides is 1. The van der Waals surface area contributed by atoms with Crippen LogP contribution >= 0.6 is 12.4 Å².